The molecule has 0 saturated carbocycles. The third-order valence-corrected chi connectivity index (χ3v) is 3.19. The van der Waals surface area contributed by atoms with Crippen LogP contribution in [0, 0.1) is 5.82 Å². The number of hydrogen-bond acceptors (Lipinski definition) is 2. The van der Waals surface area contributed by atoms with Gasteiger partial charge in [-0.15, -0.1) is 0 Å². The molecule has 2 aromatic rings. The molecule has 2 rings (SSSR count). The monoisotopic (exact) mass is 273 g/mol. The summed E-state index contributed by atoms with van der Waals surface area (Å²) in [7, 11) is 0. The number of ether oxygens (including phenoxy) is 1. The third-order valence-electron chi connectivity index (χ3n) is 3.19. The molecule has 0 atom stereocenters. The van der Waals surface area contributed by atoms with E-state index in [-0.39, 0.29) is 5.82 Å². The van der Waals surface area contributed by atoms with Crippen LogP contribution in [0.25, 0.3) is 0 Å². The molecular formula is C17H20FNO. The molecule has 3 heteroatoms. The minimum atomic E-state index is -0.337. The maximum atomic E-state index is 13.6. The molecule has 20 heavy (non-hydrogen) atoms. The van der Waals surface area contributed by atoms with Gasteiger partial charge < -0.3 is 10.5 Å². The lowest BCUT2D eigenvalue weighted by Gasteiger charge is -2.08. The van der Waals surface area contributed by atoms with Crippen LogP contribution in [0.3, 0.4) is 0 Å². The summed E-state index contributed by atoms with van der Waals surface area (Å²) in [6.45, 7) is 0.875. The summed E-state index contributed by atoms with van der Waals surface area (Å²) >= 11 is 0. The molecule has 0 aliphatic rings. The van der Waals surface area contributed by atoms with Crippen LogP contribution in [0.1, 0.15) is 24.0 Å². The van der Waals surface area contributed by atoms with Crippen molar-refractivity contribution in [2.75, 3.05) is 6.61 Å². The Morgan fingerprint density at radius 1 is 0.950 bits per heavy atom. The molecule has 0 amide bonds. The zero-order valence-corrected chi connectivity index (χ0v) is 11.5. The highest BCUT2D eigenvalue weighted by Crippen LogP contribution is 2.18. The number of unbranched alkanes of at least 4 members (excludes halogenated alkanes) is 1. The molecule has 0 heterocycles. The maximum Gasteiger partial charge on any atom is 0.165 e. The molecule has 0 aliphatic carbocycles. The highest BCUT2D eigenvalue weighted by atomic mass is 19.1. The average molecular weight is 273 g/mol. The van der Waals surface area contributed by atoms with Gasteiger partial charge in [-0.2, -0.15) is 0 Å². The standard InChI is InChI=1S/C17H20FNO/c18-16-12-15(13-19)9-10-17(16)20-11-5-4-8-14-6-2-1-3-7-14/h1-3,6-7,9-10,12H,4-5,8,11,13,19H2. The van der Waals surface area contributed by atoms with E-state index in [1.807, 2.05) is 18.2 Å². The van der Waals surface area contributed by atoms with Crippen LogP contribution in [0.4, 0.5) is 4.39 Å². The largest absolute Gasteiger partial charge is 0.491 e. The van der Waals surface area contributed by atoms with E-state index in [1.165, 1.54) is 11.6 Å². The Balaban J connectivity index is 1.71. The molecule has 2 aromatic carbocycles. The zero-order chi connectivity index (χ0) is 14.2. The van der Waals surface area contributed by atoms with Gasteiger partial charge in [-0.25, -0.2) is 4.39 Å². The van der Waals surface area contributed by atoms with E-state index in [1.54, 1.807) is 12.1 Å². The fourth-order valence-corrected chi connectivity index (χ4v) is 2.05. The second-order valence-electron chi connectivity index (χ2n) is 4.76. The lowest BCUT2D eigenvalue weighted by molar-refractivity contribution is 0.292. The molecule has 0 unspecified atom stereocenters. The van der Waals surface area contributed by atoms with Gasteiger partial charge in [-0.05, 0) is 42.5 Å². The minimum Gasteiger partial charge on any atom is -0.491 e. The summed E-state index contributed by atoms with van der Waals surface area (Å²) in [6, 6.07) is 15.2. The molecule has 2 N–H and O–H groups in total. The molecule has 0 aromatic heterocycles. The lowest BCUT2D eigenvalue weighted by Crippen LogP contribution is -2.02. The van der Waals surface area contributed by atoms with Crippen molar-refractivity contribution in [1.82, 2.24) is 0 Å². The summed E-state index contributed by atoms with van der Waals surface area (Å²) in [5, 5.41) is 0. The molecule has 0 saturated heterocycles. The Morgan fingerprint density at radius 3 is 2.45 bits per heavy atom. The fraction of sp³-hybridized carbons (Fsp3) is 0.294. The predicted molar refractivity (Wildman–Crippen MR) is 79.2 cm³/mol. The number of benzene rings is 2. The normalized spacial score (nSPS) is 10.5. The van der Waals surface area contributed by atoms with Gasteiger partial charge in [-0.3, -0.25) is 0 Å². The van der Waals surface area contributed by atoms with Crippen molar-refractivity contribution in [3.8, 4) is 5.75 Å². The van der Waals surface area contributed by atoms with Crippen LogP contribution < -0.4 is 10.5 Å². The number of rotatable bonds is 7. The van der Waals surface area contributed by atoms with Gasteiger partial charge in [0.15, 0.2) is 11.6 Å². The summed E-state index contributed by atoms with van der Waals surface area (Å²) in [5.74, 6) is -0.0297. The molecule has 0 fully saturated rings. The summed E-state index contributed by atoms with van der Waals surface area (Å²) < 4.78 is 19.1. The smallest absolute Gasteiger partial charge is 0.165 e. The quantitative estimate of drug-likeness (QED) is 0.781. The SMILES string of the molecule is NCc1ccc(OCCCCc2ccccc2)c(F)c1. The lowest BCUT2D eigenvalue weighted by atomic mass is 10.1. The molecule has 2 nitrogen and oxygen atoms in total. The Bertz CT molecular complexity index is 528. The first kappa shape index (κ1) is 14.5. The van der Waals surface area contributed by atoms with Crippen LogP contribution in [0.5, 0.6) is 5.75 Å². The van der Waals surface area contributed by atoms with E-state index in [2.05, 4.69) is 12.1 Å². The van der Waals surface area contributed by atoms with Crippen molar-refractivity contribution in [3.05, 3.63) is 65.5 Å². The van der Waals surface area contributed by atoms with Crippen LogP contribution in [0.15, 0.2) is 48.5 Å². The summed E-state index contributed by atoms with van der Waals surface area (Å²) in [4.78, 5) is 0. The van der Waals surface area contributed by atoms with Crippen LogP contribution >= 0.6 is 0 Å². The van der Waals surface area contributed by atoms with Crippen molar-refractivity contribution in [3.63, 3.8) is 0 Å². The first-order chi connectivity index (χ1) is 9.79. The highest BCUT2D eigenvalue weighted by molar-refractivity contribution is 5.29. The number of halogens is 1. The second kappa shape index (κ2) is 7.65. The summed E-state index contributed by atoms with van der Waals surface area (Å²) in [6.07, 6.45) is 2.97. The van der Waals surface area contributed by atoms with Gasteiger partial charge in [0.05, 0.1) is 6.61 Å². The molecule has 0 radical (unpaired) electrons. The maximum absolute atomic E-state index is 13.6. The first-order valence-electron chi connectivity index (χ1n) is 6.95. The van der Waals surface area contributed by atoms with Crippen LogP contribution in [-0.4, -0.2) is 6.61 Å². The molecule has 0 aliphatic heterocycles. The van der Waals surface area contributed by atoms with Crippen LogP contribution in [-0.2, 0) is 13.0 Å². The van der Waals surface area contributed by atoms with Crippen LogP contribution in [0.2, 0.25) is 0 Å². The summed E-state index contributed by atoms with van der Waals surface area (Å²) in [5.41, 5.74) is 7.56. The topological polar surface area (TPSA) is 35.2 Å². The van der Waals surface area contributed by atoms with Crippen molar-refractivity contribution < 1.29 is 9.13 Å². The number of nitrogens with two attached hydrogens (primary N) is 1. The van der Waals surface area contributed by atoms with E-state index in [0.717, 1.165) is 24.8 Å². The Labute approximate surface area is 119 Å². The second-order valence-corrected chi connectivity index (χ2v) is 4.76. The molecular weight excluding hydrogens is 253 g/mol. The van der Waals surface area contributed by atoms with Gasteiger partial charge in [0.2, 0.25) is 0 Å². The van der Waals surface area contributed by atoms with Crippen molar-refractivity contribution in [2.24, 2.45) is 5.73 Å². The van der Waals surface area contributed by atoms with Crippen molar-refractivity contribution >= 4 is 0 Å². The minimum absolute atomic E-state index is 0.307. The molecule has 0 spiro atoms. The van der Waals surface area contributed by atoms with Crippen molar-refractivity contribution in [2.45, 2.75) is 25.8 Å². The Kier molecular flexibility index (Phi) is 5.56. The van der Waals surface area contributed by atoms with E-state index in [0.29, 0.717) is 18.9 Å². The van der Waals surface area contributed by atoms with Gasteiger partial charge in [0.1, 0.15) is 0 Å². The van der Waals surface area contributed by atoms with Gasteiger partial charge in [0, 0.05) is 6.54 Å². The predicted octanol–water partition coefficient (Wildman–Crippen LogP) is 3.69. The zero-order valence-electron chi connectivity index (χ0n) is 11.5. The Morgan fingerprint density at radius 2 is 1.75 bits per heavy atom. The van der Waals surface area contributed by atoms with E-state index < -0.39 is 0 Å². The first-order valence-corrected chi connectivity index (χ1v) is 6.95. The van der Waals surface area contributed by atoms with Gasteiger partial charge >= 0.3 is 0 Å². The average Bonchev–Trinajstić information content (AvgIpc) is 2.49. The molecule has 106 valence electrons. The Hall–Kier alpha value is -1.87. The van der Waals surface area contributed by atoms with Gasteiger partial charge in [0.25, 0.3) is 0 Å². The highest BCUT2D eigenvalue weighted by Gasteiger charge is 2.04. The number of aryl methyl sites for hydroxylation is 1. The van der Waals surface area contributed by atoms with Crippen molar-refractivity contribution in [1.29, 1.82) is 0 Å². The van der Waals surface area contributed by atoms with E-state index in [9.17, 15) is 4.39 Å². The van der Waals surface area contributed by atoms with E-state index in [4.69, 9.17) is 10.5 Å². The van der Waals surface area contributed by atoms with E-state index >= 15 is 0 Å². The third kappa shape index (κ3) is 4.35. The fourth-order valence-electron chi connectivity index (χ4n) is 2.05. The number of hydrogen-bond donors (Lipinski definition) is 1. The van der Waals surface area contributed by atoms with Gasteiger partial charge in [-0.1, -0.05) is 36.4 Å². The molecule has 0 bridgehead atoms.